The minimum atomic E-state index is 0. The van der Waals surface area contributed by atoms with E-state index in [9.17, 15) is 0 Å². The standard InChI is InChI=1S/C17H19Cl2N3O.HI/c1-20-17(22-10-13-3-2-6-23-13)21-9-11-7-15(11)14-5-4-12(18)8-16(14)19;/h2-6,8,11,15H,7,9-10H2,1H3,(H2,20,21,22);1H. The highest BCUT2D eigenvalue weighted by Gasteiger charge is 2.39. The van der Waals surface area contributed by atoms with Crippen LogP contribution in [0.4, 0.5) is 0 Å². The fourth-order valence-corrected chi connectivity index (χ4v) is 3.24. The summed E-state index contributed by atoms with van der Waals surface area (Å²) in [6.07, 6.45) is 2.79. The molecule has 24 heavy (non-hydrogen) atoms. The maximum Gasteiger partial charge on any atom is 0.191 e. The van der Waals surface area contributed by atoms with Crippen molar-refractivity contribution in [2.24, 2.45) is 10.9 Å². The van der Waals surface area contributed by atoms with Crippen LogP contribution in [0.15, 0.2) is 46.0 Å². The Morgan fingerprint density at radius 1 is 1.29 bits per heavy atom. The quantitative estimate of drug-likeness (QED) is 0.372. The zero-order chi connectivity index (χ0) is 16.2. The third kappa shape index (κ3) is 5.04. The lowest BCUT2D eigenvalue weighted by molar-refractivity contribution is 0.501. The summed E-state index contributed by atoms with van der Waals surface area (Å²) in [5, 5.41) is 8.01. The number of benzene rings is 1. The monoisotopic (exact) mass is 479 g/mol. The first-order valence-electron chi connectivity index (χ1n) is 7.59. The topological polar surface area (TPSA) is 49.6 Å². The van der Waals surface area contributed by atoms with Crippen LogP contribution in [0, 0.1) is 5.92 Å². The third-order valence-corrected chi connectivity index (χ3v) is 4.61. The Hall–Kier alpha value is -0.920. The minimum absolute atomic E-state index is 0. The van der Waals surface area contributed by atoms with Crippen LogP contribution in [0.3, 0.4) is 0 Å². The summed E-state index contributed by atoms with van der Waals surface area (Å²) in [5.41, 5.74) is 1.18. The van der Waals surface area contributed by atoms with Gasteiger partial charge in [0.05, 0.1) is 12.8 Å². The Morgan fingerprint density at radius 2 is 2.12 bits per heavy atom. The van der Waals surface area contributed by atoms with E-state index in [1.165, 1.54) is 5.56 Å². The third-order valence-electron chi connectivity index (χ3n) is 4.05. The summed E-state index contributed by atoms with van der Waals surface area (Å²) in [7, 11) is 1.76. The first-order valence-corrected chi connectivity index (χ1v) is 8.35. The Labute approximate surface area is 169 Å². The van der Waals surface area contributed by atoms with Gasteiger partial charge < -0.3 is 15.1 Å². The van der Waals surface area contributed by atoms with Gasteiger partial charge in [-0.25, -0.2) is 0 Å². The lowest BCUT2D eigenvalue weighted by Gasteiger charge is -2.11. The van der Waals surface area contributed by atoms with Crippen LogP contribution in [-0.2, 0) is 6.54 Å². The number of halogens is 3. The molecule has 7 heteroatoms. The van der Waals surface area contributed by atoms with Gasteiger partial charge in [0.15, 0.2) is 5.96 Å². The van der Waals surface area contributed by atoms with Gasteiger partial charge in [0.25, 0.3) is 0 Å². The van der Waals surface area contributed by atoms with E-state index < -0.39 is 0 Å². The first-order chi connectivity index (χ1) is 11.2. The summed E-state index contributed by atoms with van der Waals surface area (Å²) in [6.45, 7) is 1.48. The van der Waals surface area contributed by atoms with Gasteiger partial charge in [0, 0.05) is 23.6 Å². The molecule has 0 saturated heterocycles. The number of nitrogens with one attached hydrogen (secondary N) is 2. The number of rotatable bonds is 5. The Morgan fingerprint density at radius 3 is 2.79 bits per heavy atom. The van der Waals surface area contributed by atoms with Crippen LogP contribution in [0.5, 0.6) is 0 Å². The van der Waals surface area contributed by atoms with Crippen LogP contribution in [-0.4, -0.2) is 19.6 Å². The van der Waals surface area contributed by atoms with E-state index in [1.807, 2.05) is 30.3 Å². The van der Waals surface area contributed by atoms with Crippen LogP contribution >= 0.6 is 47.2 Å². The molecule has 0 radical (unpaired) electrons. The van der Waals surface area contributed by atoms with Gasteiger partial charge in [-0.2, -0.15) is 0 Å². The van der Waals surface area contributed by atoms with Crippen molar-refractivity contribution < 1.29 is 4.42 Å². The molecule has 1 aliphatic rings. The average molecular weight is 480 g/mol. The van der Waals surface area contributed by atoms with Gasteiger partial charge in [0.1, 0.15) is 5.76 Å². The fraction of sp³-hybridized carbons (Fsp3) is 0.353. The predicted molar refractivity (Wildman–Crippen MR) is 110 cm³/mol. The zero-order valence-electron chi connectivity index (χ0n) is 13.3. The molecule has 130 valence electrons. The van der Waals surface area contributed by atoms with Crippen molar-refractivity contribution in [2.45, 2.75) is 18.9 Å². The smallest absolute Gasteiger partial charge is 0.191 e. The lowest BCUT2D eigenvalue weighted by atomic mass is 10.1. The van der Waals surface area contributed by atoms with Crippen LogP contribution in [0.25, 0.3) is 0 Å². The van der Waals surface area contributed by atoms with E-state index in [1.54, 1.807) is 13.3 Å². The fourth-order valence-electron chi connectivity index (χ4n) is 2.69. The number of hydrogen-bond acceptors (Lipinski definition) is 2. The van der Waals surface area contributed by atoms with Gasteiger partial charge in [-0.1, -0.05) is 29.3 Å². The molecule has 0 bridgehead atoms. The van der Waals surface area contributed by atoms with Crippen LogP contribution in [0.1, 0.15) is 23.7 Å². The molecule has 0 amide bonds. The molecule has 2 N–H and O–H groups in total. The Balaban J connectivity index is 0.00000208. The normalized spacial score (nSPS) is 19.5. The van der Waals surface area contributed by atoms with Gasteiger partial charge in [-0.3, -0.25) is 4.99 Å². The van der Waals surface area contributed by atoms with Gasteiger partial charge >= 0.3 is 0 Å². The van der Waals surface area contributed by atoms with Crippen molar-refractivity contribution in [3.05, 3.63) is 58.0 Å². The summed E-state index contributed by atoms with van der Waals surface area (Å²) < 4.78 is 5.29. The largest absolute Gasteiger partial charge is 0.467 e. The number of hydrogen-bond donors (Lipinski definition) is 2. The molecule has 2 unspecified atom stereocenters. The highest BCUT2D eigenvalue weighted by molar-refractivity contribution is 14.0. The Kier molecular flexibility index (Phi) is 7.25. The van der Waals surface area contributed by atoms with Gasteiger partial charge in [-0.05, 0) is 48.1 Å². The molecule has 1 aromatic heterocycles. The molecule has 1 fully saturated rings. The number of furan rings is 1. The van der Waals surface area contributed by atoms with Crippen molar-refractivity contribution in [2.75, 3.05) is 13.6 Å². The highest BCUT2D eigenvalue weighted by atomic mass is 127. The molecular formula is C17H20Cl2IN3O. The van der Waals surface area contributed by atoms with E-state index in [2.05, 4.69) is 15.6 Å². The summed E-state index contributed by atoms with van der Waals surface area (Å²) >= 11 is 12.2. The van der Waals surface area contributed by atoms with Crippen LogP contribution < -0.4 is 10.6 Å². The second-order valence-electron chi connectivity index (χ2n) is 5.65. The second-order valence-corrected chi connectivity index (χ2v) is 6.50. The van der Waals surface area contributed by atoms with Gasteiger partial charge in [0.2, 0.25) is 0 Å². The molecule has 1 aliphatic carbocycles. The van der Waals surface area contributed by atoms with Crippen molar-refractivity contribution in [1.82, 2.24) is 10.6 Å². The number of nitrogens with zero attached hydrogens (tertiary/aromatic N) is 1. The summed E-state index contributed by atoms with van der Waals surface area (Å²) in [5.74, 6) is 2.71. The average Bonchev–Trinajstić information content (AvgIpc) is 3.09. The van der Waals surface area contributed by atoms with E-state index in [4.69, 9.17) is 27.6 Å². The molecule has 2 aromatic rings. The van der Waals surface area contributed by atoms with Crippen LogP contribution in [0.2, 0.25) is 10.0 Å². The van der Waals surface area contributed by atoms with Crippen molar-refractivity contribution in [1.29, 1.82) is 0 Å². The van der Waals surface area contributed by atoms with E-state index in [0.717, 1.165) is 29.7 Å². The predicted octanol–water partition coefficient (Wildman–Crippen LogP) is 4.67. The second kappa shape index (κ2) is 8.97. The van der Waals surface area contributed by atoms with Gasteiger partial charge in [-0.15, -0.1) is 24.0 Å². The molecule has 4 nitrogen and oxygen atoms in total. The maximum atomic E-state index is 6.28. The first kappa shape index (κ1) is 19.4. The molecular weight excluding hydrogens is 460 g/mol. The SMILES string of the molecule is CN=C(NCc1ccco1)NCC1CC1c1ccc(Cl)cc1Cl.I. The van der Waals surface area contributed by atoms with Crippen molar-refractivity contribution in [3.63, 3.8) is 0 Å². The molecule has 0 aliphatic heterocycles. The number of guanidine groups is 1. The van der Waals surface area contributed by atoms with Crippen molar-refractivity contribution >= 4 is 53.1 Å². The minimum Gasteiger partial charge on any atom is -0.467 e. The van der Waals surface area contributed by atoms with Crippen molar-refractivity contribution in [3.8, 4) is 0 Å². The summed E-state index contributed by atoms with van der Waals surface area (Å²) in [4.78, 5) is 4.22. The van der Waals surface area contributed by atoms with E-state index >= 15 is 0 Å². The Bertz CT molecular complexity index is 691. The van der Waals surface area contributed by atoms with E-state index in [0.29, 0.717) is 23.4 Å². The highest BCUT2D eigenvalue weighted by Crippen LogP contribution is 2.49. The zero-order valence-corrected chi connectivity index (χ0v) is 17.1. The molecule has 2 atom stereocenters. The molecule has 1 saturated carbocycles. The van der Waals surface area contributed by atoms with E-state index in [-0.39, 0.29) is 24.0 Å². The molecule has 3 rings (SSSR count). The number of aliphatic imine (C=N–C) groups is 1. The maximum absolute atomic E-state index is 6.28. The lowest BCUT2D eigenvalue weighted by Crippen LogP contribution is -2.37. The molecule has 1 heterocycles. The molecule has 0 spiro atoms. The summed E-state index contributed by atoms with van der Waals surface area (Å²) in [6, 6.07) is 9.54. The molecule has 1 aromatic carbocycles.